The zero-order valence-electron chi connectivity index (χ0n) is 1.99. The van der Waals surface area contributed by atoms with Crippen molar-refractivity contribution in [1.82, 2.24) is 0 Å². The molecule has 0 atom stereocenters. The number of hydrogen-bond acceptors (Lipinski definition) is 0. The van der Waals surface area contributed by atoms with Gasteiger partial charge in [-0.15, -0.1) is 0 Å². The summed E-state index contributed by atoms with van der Waals surface area (Å²) in [5.41, 5.74) is 0. The molecule has 30 valence electrons. The van der Waals surface area contributed by atoms with Gasteiger partial charge in [0, 0.05) is 55.0 Å². The minimum absolute atomic E-state index is 0. The van der Waals surface area contributed by atoms with Crippen molar-refractivity contribution in [1.29, 1.82) is 0 Å². The first-order chi connectivity index (χ1) is 0. The van der Waals surface area contributed by atoms with Crippen LogP contribution in [0.2, 0.25) is 0 Å². The topological polar surface area (TPSA) is 28.5 Å². The van der Waals surface area contributed by atoms with Crippen LogP contribution in [0.3, 0.4) is 0 Å². The molecule has 0 aromatic carbocycles. The molecule has 0 saturated carbocycles. The molecule has 0 rings (SSSR count). The van der Waals surface area contributed by atoms with Crippen molar-refractivity contribution in [3.8, 4) is 0 Å². The summed E-state index contributed by atoms with van der Waals surface area (Å²) in [4.78, 5) is 0. The molecule has 0 unspecified atom stereocenters. The quantitative estimate of drug-likeness (QED) is 0.260. The first-order valence-corrected chi connectivity index (χ1v) is 0. The molecule has 0 aliphatic rings. The maximum Gasteiger partial charge on any atom is 2.00 e. The number of hydrogen-bond donors (Lipinski definition) is 0. The van der Waals surface area contributed by atoms with E-state index in [4.69, 9.17) is 0 Å². The first-order valence-electron chi connectivity index (χ1n) is 0. The average molecular weight is 666 g/mol. The van der Waals surface area contributed by atoms with E-state index >= 15 is 0 Å². The Morgan fingerprint density at radius 1 is 1.00 bits per heavy atom. The molecule has 0 heterocycles. The zero-order chi connectivity index (χ0) is 0. The smallest absolute Gasteiger partial charge is 2.00 e. The van der Waals surface area contributed by atoms with E-state index in [1.54, 1.807) is 0 Å². The Balaban J connectivity index is 0. The minimum atomic E-state index is 0. The molecular weight excluding hydrogens is 662 g/mol. The summed E-state index contributed by atoms with van der Waals surface area (Å²) in [6.45, 7) is 0. The molecule has 0 fully saturated rings. The van der Waals surface area contributed by atoms with Gasteiger partial charge in [-0.2, -0.15) is 0 Å². The van der Waals surface area contributed by atoms with E-state index in [-0.39, 0.29) is 164 Å². The van der Waals surface area contributed by atoms with Crippen molar-refractivity contribution in [3.05, 3.63) is 0 Å². The first kappa shape index (κ1) is 43.2. The largest absolute Gasteiger partial charge is 2.00 e. The van der Waals surface area contributed by atoms with Crippen LogP contribution in [-0.2, 0) is 50.2 Å². The van der Waals surface area contributed by atoms with Crippen LogP contribution in [0.4, 0.5) is 0 Å². The van der Waals surface area contributed by atoms with Crippen LogP contribution in [0, 0.1) is 0 Å². The van der Waals surface area contributed by atoms with Crippen LogP contribution in [0.25, 0.3) is 0 Å². The summed E-state index contributed by atoms with van der Waals surface area (Å²) in [5.74, 6) is 0. The average Bonchev–Trinajstić information content (AvgIpc) is 0. The van der Waals surface area contributed by atoms with Gasteiger partial charge >= 0.3 is 104 Å². The van der Waals surface area contributed by atoms with Crippen molar-refractivity contribution < 1.29 is 50.2 Å². The Bertz CT molecular complexity index is 15.5. The molecule has 6 heavy (non-hydrogen) atoms. The van der Waals surface area contributed by atoms with Crippen LogP contribution < -0.4 is 0 Å². The van der Waals surface area contributed by atoms with E-state index in [0.717, 1.165) is 0 Å². The van der Waals surface area contributed by atoms with Gasteiger partial charge in [-0.1, -0.05) is 0 Å². The zero-order valence-corrected chi connectivity index (χ0v) is 12.9. The van der Waals surface area contributed by atoms with Gasteiger partial charge in [0.2, 0.25) is 0 Å². The van der Waals surface area contributed by atoms with E-state index in [1.807, 2.05) is 0 Å². The fourth-order valence-electron chi connectivity index (χ4n) is 0. The van der Waals surface area contributed by atoms with Gasteiger partial charge in [0.15, 0.2) is 0 Å². The summed E-state index contributed by atoms with van der Waals surface area (Å²) < 4.78 is 0. The molecule has 1 nitrogen and oxygen atoms in total. The molecule has 0 aliphatic heterocycles. The van der Waals surface area contributed by atoms with Gasteiger partial charge < -0.3 is 5.48 Å². The van der Waals surface area contributed by atoms with Crippen LogP contribution in [0.5, 0.6) is 0 Å². The maximum atomic E-state index is 0. The monoisotopic (exact) mass is 668 g/mol. The molecular formula is H4BaCaCuHgOTl. The predicted octanol–water partition coefficient (Wildman–Crippen LogP) is -2.34. The Labute approximate surface area is 159 Å². The summed E-state index contributed by atoms with van der Waals surface area (Å²) in [6.07, 6.45) is 0. The van der Waals surface area contributed by atoms with E-state index in [2.05, 4.69) is 0 Å². The molecule has 0 amide bonds. The second-order valence-electron chi connectivity index (χ2n) is 0. The second-order valence-corrected chi connectivity index (χ2v) is 0. The molecule has 0 aromatic heterocycles. The molecule has 0 saturated heterocycles. The molecule has 0 aromatic rings. The Morgan fingerprint density at radius 2 is 1.00 bits per heavy atom. The fraction of sp³-hybridized carbons (Fsp3) is 0. The van der Waals surface area contributed by atoms with Gasteiger partial charge in [0.1, 0.15) is 0 Å². The Kier molecular flexibility index (Phi) is 231. The fourth-order valence-corrected chi connectivity index (χ4v) is 0. The summed E-state index contributed by atoms with van der Waals surface area (Å²) in [7, 11) is 0. The van der Waals surface area contributed by atoms with Gasteiger partial charge in [-0.25, -0.2) is 0 Å². The van der Waals surface area contributed by atoms with Crippen molar-refractivity contribution >= 4 is 114 Å². The SMILES string of the molecule is [BaH2].[CaH2].[Cu+2].[Hg].[O-2].[Tl]. The molecule has 0 aliphatic carbocycles. The third-order valence-electron chi connectivity index (χ3n) is 0. The number of rotatable bonds is 0. The molecule has 2 radical (unpaired) electrons. The van der Waals surface area contributed by atoms with E-state index in [9.17, 15) is 0 Å². The summed E-state index contributed by atoms with van der Waals surface area (Å²) in [5, 5.41) is 0. The van der Waals surface area contributed by atoms with Crippen molar-refractivity contribution in [2.75, 3.05) is 0 Å². The van der Waals surface area contributed by atoms with Gasteiger partial charge in [-0.3, -0.25) is 0 Å². The third-order valence-corrected chi connectivity index (χ3v) is 0. The van der Waals surface area contributed by atoms with Crippen molar-refractivity contribution in [2.24, 2.45) is 0 Å². The summed E-state index contributed by atoms with van der Waals surface area (Å²) >= 11 is 0. The third kappa shape index (κ3) is 22.9. The van der Waals surface area contributed by atoms with Gasteiger partial charge in [0.05, 0.1) is 0 Å². The van der Waals surface area contributed by atoms with Crippen LogP contribution >= 0.6 is 0 Å². The van der Waals surface area contributed by atoms with Gasteiger partial charge in [-0.05, 0) is 0 Å². The minimum Gasteiger partial charge on any atom is -2.00 e. The normalized spacial score (nSPS) is 0. The predicted molar refractivity (Wildman–Crippen MR) is 23.5 cm³/mol. The molecule has 0 spiro atoms. The second kappa shape index (κ2) is 32.0. The van der Waals surface area contributed by atoms with Crippen molar-refractivity contribution in [3.63, 3.8) is 0 Å². The van der Waals surface area contributed by atoms with Gasteiger partial charge in [0.25, 0.3) is 0 Å². The Hall–Kier alpha value is 5.17. The molecule has 0 bridgehead atoms. The Morgan fingerprint density at radius 3 is 1.00 bits per heavy atom. The van der Waals surface area contributed by atoms with Crippen LogP contribution in [-0.4, -0.2) is 114 Å². The van der Waals surface area contributed by atoms with Crippen molar-refractivity contribution in [2.45, 2.75) is 0 Å². The standard InChI is InChI=1S/Ba.Ca.Cu.Hg.O.Tl.4H/q;;+2;;-2;;;;;. The molecule has 6 heteroatoms. The van der Waals surface area contributed by atoms with Crippen LogP contribution in [0.1, 0.15) is 0 Å². The van der Waals surface area contributed by atoms with E-state index in [1.165, 1.54) is 0 Å². The summed E-state index contributed by atoms with van der Waals surface area (Å²) in [6, 6.07) is 0. The van der Waals surface area contributed by atoms with Crippen LogP contribution in [0.15, 0.2) is 0 Å². The molecule has 0 N–H and O–H groups in total. The van der Waals surface area contributed by atoms with E-state index in [0.29, 0.717) is 0 Å². The van der Waals surface area contributed by atoms with E-state index < -0.39 is 0 Å². The maximum absolute atomic E-state index is 0.